The van der Waals surface area contributed by atoms with Crippen molar-refractivity contribution in [2.75, 3.05) is 18.4 Å². The van der Waals surface area contributed by atoms with E-state index in [4.69, 9.17) is 0 Å². The van der Waals surface area contributed by atoms with E-state index >= 15 is 0 Å². The zero-order chi connectivity index (χ0) is 15.4. The number of hydrogen-bond acceptors (Lipinski definition) is 3. The number of piperidine rings is 1. The van der Waals surface area contributed by atoms with Crippen LogP contribution in [0.3, 0.4) is 0 Å². The molecule has 0 aliphatic carbocycles. The highest BCUT2D eigenvalue weighted by molar-refractivity contribution is 5.95. The number of anilines is 1. The van der Waals surface area contributed by atoms with Crippen LogP contribution in [-0.2, 0) is 6.42 Å². The number of amides is 1. The average molecular weight is 289 g/mol. The number of nitrogens with one attached hydrogen (secondary N) is 1. The first-order valence-electron chi connectivity index (χ1n) is 8.10. The van der Waals surface area contributed by atoms with Crippen LogP contribution in [0.25, 0.3) is 0 Å². The lowest BCUT2D eigenvalue weighted by molar-refractivity contribution is 0.0574. The van der Waals surface area contributed by atoms with E-state index in [1.165, 1.54) is 6.42 Å². The number of rotatable bonds is 4. The smallest absolute Gasteiger partial charge is 0.254 e. The van der Waals surface area contributed by atoms with Crippen LogP contribution in [0.15, 0.2) is 12.1 Å². The molecule has 1 saturated heterocycles. The molecule has 1 aromatic rings. The Morgan fingerprint density at radius 1 is 1.33 bits per heavy atom. The number of carbonyl (C=O) groups excluding carboxylic acids is 1. The Morgan fingerprint density at radius 2 is 2.10 bits per heavy atom. The van der Waals surface area contributed by atoms with Gasteiger partial charge in [0.25, 0.3) is 5.91 Å². The molecule has 4 heteroatoms. The standard InChI is InChI=1S/C17H27N3O/c1-5-15-9-14(10-16(19-15)18-6-2)17(21)20-11-12(3)7-8-13(20)4/h9-10,12-13H,5-8,11H2,1-4H3,(H,18,19). The van der Waals surface area contributed by atoms with E-state index in [0.717, 1.165) is 43.0 Å². The van der Waals surface area contributed by atoms with E-state index in [9.17, 15) is 4.79 Å². The minimum absolute atomic E-state index is 0.144. The molecule has 2 atom stereocenters. The molecule has 1 N–H and O–H groups in total. The van der Waals surface area contributed by atoms with Crippen LogP contribution in [0.2, 0.25) is 0 Å². The second kappa shape index (κ2) is 6.92. The van der Waals surface area contributed by atoms with Crippen molar-refractivity contribution in [3.63, 3.8) is 0 Å². The van der Waals surface area contributed by atoms with E-state index in [-0.39, 0.29) is 5.91 Å². The summed E-state index contributed by atoms with van der Waals surface area (Å²) in [5.74, 6) is 1.54. The second-order valence-electron chi connectivity index (χ2n) is 6.11. The van der Waals surface area contributed by atoms with Crippen molar-refractivity contribution in [3.8, 4) is 0 Å². The number of aromatic nitrogens is 1. The van der Waals surface area contributed by atoms with Gasteiger partial charge in [-0.05, 0) is 51.2 Å². The maximum Gasteiger partial charge on any atom is 0.254 e. The van der Waals surface area contributed by atoms with Gasteiger partial charge in [0.15, 0.2) is 0 Å². The Morgan fingerprint density at radius 3 is 2.76 bits per heavy atom. The van der Waals surface area contributed by atoms with Gasteiger partial charge in [-0.15, -0.1) is 0 Å². The molecule has 0 spiro atoms. The SMILES string of the molecule is CCNc1cc(C(=O)N2CC(C)CCC2C)cc(CC)n1. The van der Waals surface area contributed by atoms with E-state index in [1.54, 1.807) is 0 Å². The van der Waals surface area contributed by atoms with Gasteiger partial charge >= 0.3 is 0 Å². The third kappa shape index (κ3) is 3.74. The first-order chi connectivity index (χ1) is 10.0. The molecule has 1 amide bonds. The molecule has 21 heavy (non-hydrogen) atoms. The Balaban J connectivity index is 2.26. The molecule has 0 aromatic carbocycles. The van der Waals surface area contributed by atoms with Gasteiger partial charge in [0, 0.05) is 30.4 Å². The lowest BCUT2D eigenvalue weighted by Gasteiger charge is -2.37. The van der Waals surface area contributed by atoms with E-state index in [1.807, 2.05) is 24.0 Å². The van der Waals surface area contributed by atoms with Crippen molar-refractivity contribution < 1.29 is 4.79 Å². The molecule has 2 unspecified atom stereocenters. The Bertz CT molecular complexity index is 501. The summed E-state index contributed by atoms with van der Waals surface area (Å²) in [6.45, 7) is 10.1. The molecule has 116 valence electrons. The minimum atomic E-state index is 0.144. The summed E-state index contributed by atoms with van der Waals surface area (Å²) >= 11 is 0. The second-order valence-corrected chi connectivity index (χ2v) is 6.11. The highest BCUT2D eigenvalue weighted by atomic mass is 16.2. The number of carbonyl (C=O) groups is 1. The summed E-state index contributed by atoms with van der Waals surface area (Å²) in [5.41, 5.74) is 1.73. The Kier molecular flexibility index (Phi) is 5.21. The van der Waals surface area contributed by atoms with Gasteiger partial charge in [-0.2, -0.15) is 0 Å². The fraction of sp³-hybridized carbons (Fsp3) is 0.647. The molecule has 0 saturated carbocycles. The van der Waals surface area contributed by atoms with E-state index in [2.05, 4.69) is 31.1 Å². The summed E-state index contributed by atoms with van der Waals surface area (Å²) in [5, 5.41) is 3.22. The third-order valence-corrected chi connectivity index (χ3v) is 4.22. The molecule has 1 aliphatic rings. The fourth-order valence-corrected chi connectivity index (χ4v) is 2.90. The monoisotopic (exact) mass is 289 g/mol. The zero-order valence-corrected chi connectivity index (χ0v) is 13.6. The van der Waals surface area contributed by atoms with Gasteiger partial charge in [-0.25, -0.2) is 4.98 Å². The fourth-order valence-electron chi connectivity index (χ4n) is 2.90. The third-order valence-electron chi connectivity index (χ3n) is 4.22. The largest absolute Gasteiger partial charge is 0.370 e. The van der Waals surface area contributed by atoms with E-state index in [0.29, 0.717) is 12.0 Å². The number of pyridine rings is 1. The normalized spacial score (nSPS) is 22.2. The van der Waals surface area contributed by atoms with Crippen molar-refractivity contribution in [2.24, 2.45) is 5.92 Å². The average Bonchev–Trinajstić information content (AvgIpc) is 2.49. The number of likely N-dealkylation sites (tertiary alicyclic amines) is 1. The molecule has 0 radical (unpaired) electrons. The number of nitrogens with zero attached hydrogens (tertiary/aromatic N) is 2. The molecule has 1 fully saturated rings. The molecular formula is C17H27N3O. The van der Waals surface area contributed by atoms with Gasteiger partial charge in [-0.3, -0.25) is 4.79 Å². The highest BCUT2D eigenvalue weighted by Crippen LogP contribution is 2.24. The van der Waals surface area contributed by atoms with Crippen LogP contribution in [0, 0.1) is 5.92 Å². The lowest BCUT2D eigenvalue weighted by atomic mass is 9.94. The summed E-state index contributed by atoms with van der Waals surface area (Å²) in [7, 11) is 0. The molecule has 0 bridgehead atoms. The van der Waals surface area contributed by atoms with Gasteiger partial charge in [0.2, 0.25) is 0 Å². The molecule has 4 nitrogen and oxygen atoms in total. The quantitative estimate of drug-likeness (QED) is 0.924. The maximum absolute atomic E-state index is 12.9. The maximum atomic E-state index is 12.9. The molecule has 1 aromatic heterocycles. The molecule has 1 aliphatic heterocycles. The zero-order valence-electron chi connectivity index (χ0n) is 13.6. The van der Waals surface area contributed by atoms with Crippen molar-refractivity contribution in [3.05, 3.63) is 23.4 Å². The number of aryl methyl sites for hydroxylation is 1. The number of hydrogen-bond donors (Lipinski definition) is 1. The van der Waals surface area contributed by atoms with Crippen LogP contribution in [0.1, 0.15) is 56.6 Å². The summed E-state index contributed by atoms with van der Waals surface area (Å²) in [4.78, 5) is 19.4. The van der Waals surface area contributed by atoms with Crippen LogP contribution in [0.4, 0.5) is 5.82 Å². The molecular weight excluding hydrogens is 262 g/mol. The van der Waals surface area contributed by atoms with Crippen molar-refractivity contribution in [1.29, 1.82) is 0 Å². The Hall–Kier alpha value is -1.58. The van der Waals surface area contributed by atoms with Crippen LogP contribution in [0.5, 0.6) is 0 Å². The predicted octanol–water partition coefficient (Wildman–Crippen LogP) is 3.34. The van der Waals surface area contributed by atoms with Crippen molar-refractivity contribution in [2.45, 2.75) is 53.0 Å². The van der Waals surface area contributed by atoms with Crippen LogP contribution in [-0.4, -0.2) is 34.9 Å². The van der Waals surface area contributed by atoms with Crippen LogP contribution < -0.4 is 5.32 Å². The topological polar surface area (TPSA) is 45.2 Å². The molecule has 2 rings (SSSR count). The van der Waals surface area contributed by atoms with Gasteiger partial charge < -0.3 is 10.2 Å². The van der Waals surface area contributed by atoms with Gasteiger partial charge in [0.05, 0.1) is 0 Å². The predicted molar refractivity (Wildman–Crippen MR) is 86.7 cm³/mol. The molecule has 2 heterocycles. The van der Waals surface area contributed by atoms with Crippen molar-refractivity contribution >= 4 is 11.7 Å². The van der Waals surface area contributed by atoms with Gasteiger partial charge in [-0.1, -0.05) is 13.8 Å². The van der Waals surface area contributed by atoms with Crippen LogP contribution >= 0.6 is 0 Å². The first-order valence-corrected chi connectivity index (χ1v) is 8.10. The minimum Gasteiger partial charge on any atom is -0.370 e. The lowest BCUT2D eigenvalue weighted by Crippen LogP contribution is -2.45. The van der Waals surface area contributed by atoms with Crippen molar-refractivity contribution in [1.82, 2.24) is 9.88 Å². The summed E-state index contributed by atoms with van der Waals surface area (Å²) in [6.07, 6.45) is 3.15. The van der Waals surface area contributed by atoms with E-state index < -0.39 is 0 Å². The summed E-state index contributed by atoms with van der Waals surface area (Å²) in [6, 6.07) is 4.15. The van der Waals surface area contributed by atoms with Gasteiger partial charge in [0.1, 0.15) is 5.82 Å². The summed E-state index contributed by atoms with van der Waals surface area (Å²) < 4.78 is 0. The Labute approximate surface area is 127 Å². The first kappa shape index (κ1) is 15.8. The highest BCUT2D eigenvalue weighted by Gasteiger charge is 2.28.